The zero-order valence-electron chi connectivity index (χ0n) is 12.0. The van der Waals surface area contributed by atoms with E-state index in [1.807, 2.05) is 51.1 Å². The number of rotatable bonds is 5. The molecule has 0 heterocycles. The molecule has 2 unspecified atom stereocenters. The van der Waals surface area contributed by atoms with E-state index in [-0.39, 0.29) is 23.2 Å². The number of hydrogen-bond acceptors (Lipinski definition) is 3. The quantitative estimate of drug-likeness (QED) is 0.780. The first-order valence-corrected chi connectivity index (χ1v) is 7.71. The largest absolute Gasteiger partial charge is 0.461 e. The highest BCUT2D eigenvalue weighted by molar-refractivity contribution is 7.86. The average molecular weight is 282 g/mol. The molecule has 0 N–H and O–H groups in total. The topological polar surface area (TPSA) is 43.4 Å². The molecule has 0 amide bonds. The minimum absolute atomic E-state index is 0.270. The molecule has 2 atom stereocenters. The van der Waals surface area contributed by atoms with Crippen LogP contribution in [0.4, 0.5) is 0 Å². The van der Waals surface area contributed by atoms with Crippen molar-refractivity contribution in [1.29, 1.82) is 0 Å². The smallest absolute Gasteiger partial charge is 0.309 e. The highest BCUT2D eigenvalue weighted by Gasteiger charge is 2.25. The molecule has 0 spiro atoms. The van der Waals surface area contributed by atoms with E-state index in [0.29, 0.717) is 5.75 Å². The lowest BCUT2D eigenvalue weighted by Crippen LogP contribution is -2.30. The van der Waals surface area contributed by atoms with E-state index < -0.39 is 10.8 Å². The van der Waals surface area contributed by atoms with Crippen LogP contribution in [0, 0.1) is 5.92 Å². The van der Waals surface area contributed by atoms with Gasteiger partial charge in [0, 0.05) is 21.3 Å². The summed E-state index contributed by atoms with van der Waals surface area (Å²) in [6, 6.07) is 9.54. The Balaban J connectivity index is 2.43. The Morgan fingerprint density at radius 3 is 2.37 bits per heavy atom. The van der Waals surface area contributed by atoms with Crippen LogP contribution in [-0.2, 0) is 26.9 Å². The van der Waals surface area contributed by atoms with Crippen molar-refractivity contribution in [3.63, 3.8) is 0 Å². The van der Waals surface area contributed by atoms with E-state index in [1.165, 1.54) is 0 Å². The molecular weight excluding hydrogens is 260 g/mol. The van der Waals surface area contributed by atoms with E-state index in [2.05, 4.69) is 0 Å². The number of carbonyl (C=O) groups is 1. The number of carbonyl (C=O) groups excluding carboxylic acids is 1. The highest BCUT2D eigenvalue weighted by atomic mass is 32.2. The van der Waals surface area contributed by atoms with Crippen molar-refractivity contribution in [2.75, 3.05) is 5.75 Å². The van der Waals surface area contributed by atoms with Gasteiger partial charge in [-0.2, -0.15) is 0 Å². The third-order valence-electron chi connectivity index (χ3n) is 2.71. The van der Waals surface area contributed by atoms with Crippen LogP contribution in [-0.4, -0.2) is 20.7 Å². The van der Waals surface area contributed by atoms with Crippen molar-refractivity contribution in [2.45, 2.75) is 39.0 Å². The summed E-state index contributed by atoms with van der Waals surface area (Å²) >= 11 is 0. The maximum Gasteiger partial charge on any atom is 0.309 e. The van der Waals surface area contributed by atoms with E-state index >= 15 is 0 Å². The van der Waals surface area contributed by atoms with Gasteiger partial charge in [0.05, 0.1) is 5.92 Å². The summed E-state index contributed by atoms with van der Waals surface area (Å²) in [5.74, 6) is -0.290. The van der Waals surface area contributed by atoms with Gasteiger partial charge < -0.3 is 4.74 Å². The predicted octanol–water partition coefficient (Wildman–Crippen LogP) is 2.91. The Kier molecular flexibility index (Phi) is 5.73. The first-order valence-electron chi connectivity index (χ1n) is 6.39. The normalized spacial score (nSPS) is 14.7. The van der Waals surface area contributed by atoms with Gasteiger partial charge in [0.25, 0.3) is 0 Å². The molecule has 0 aliphatic rings. The third kappa shape index (κ3) is 5.55. The maximum absolute atomic E-state index is 12.0. The minimum Gasteiger partial charge on any atom is -0.461 e. The van der Waals surface area contributed by atoms with Crippen molar-refractivity contribution in [1.82, 2.24) is 0 Å². The summed E-state index contributed by atoms with van der Waals surface area (Å²) in [5, 5.41) is 0. The molecule has 0 aliphatic carbocycles. The van der Waals surface area contributed by atoms with Crippen LogP contribution in [0.15, 0.2) is 30.3 Å². The molecule has 1 aromatic carbocycles. The molecule has 0 aliphatic heterocycles. The molecule has 0 fully saturated rings. The second-order valence-corrected chi connectivity index (χ2v) is 7.87. The minimum atomic E-state index is -1.04. The molecule has 0 radical (unpaired) electrons. The van der Waals surface area contributed by atoms with E-state index in [0.717, 1.165) is 5.56 Å². The van der Waals surface area contributed by atoms with Gasteiger partial charge in [0.1, 0.15) is 6.61 Å². The van der Waals surface area contributed by atoms with Gasteiger partial charge in [-0.1, -0.05) is 37.3 Å². The molecule has 1 rings (SSSR count). The van der Waals surface area contributed by atoms with Crippen LogP contribution >= 0.6 is 0 Å². The molecule has 0 saturated heterocycles. The third-order valence-corrected chi connectivity index (χ3v) is 4.88. The SMILES string of the molecule is CC(CS(=O)C(C)(C)C)C(=O)OCc1ccccc1. The van der Waals surface area contributed by atoms with Crippen LogP contribution in [0.25, 0.3) is 0 Å². The summed E-state index contributed by atoms with van der Waals surface area (Å²) in [5.41, 5.74) is 0.958. The Morgan fingerprint density at radius 2 is 1.84 bits per heavy atom. The second-order valence-electron chi connectivity index (χ2n) is 5.62. The van der Waals surface area contributed by atoms with Gasteiger partial charge in [-0.05, 0) is 26.3 Å². The lowest BCUT2D eigenvalue weighted by atomic mass is 10.2. The van der Waals surface area contributed by atoms with Gasteiger partial charge in [-0.15, -0.1) is 0 Å². The molecule has 19 heavy (non-hydrogen) atoms. The predicted molar refractivity (Wildman–Crippen MR) is 78.2 cm³/mol. The number of benzene rings is 1. The molecule has 4 heteroatoms. The summed E-state index contributed by atoms with van der Waals surface area (Å²) < 4.78 is 16.9. The molecule has 106 valence electrons. The summed E-state index contributed by atoms with van der Waals surface area (Å²) in [7, 11) is -1.04. The summed E-state index contributed by atoms with van der Waals surface area (Å²) in [4.78, 5) is 11.8. The Morgan fingerprint density at radius 1 is 1.26 bits per heavy atom. The van der Waals surface area contributed by atoms with Crippen LogP contribution in [0.2, 0.25) is 0 Å². The molecule has 1 aromatic rings. The second kappa shape index (κ2) is 6.85. The van der Waals surface area contributed by atoms with E-state index in [1.54, 1.807) is 6.92 Å². The highest BCUT2D eigenvalue weighted by Crippen LogP contribution is 2.15. The number of hydrogen-bond donors (Lipinski definition) is 0. The lowest BCUT2D eigenvalue weighted by molar-refractivity contribution is -0.148. The van der Waals surface area contributed by atoms with Crippen LogP contribution in [0.1, 0.15) is 33.3 Å². The van der Waals surface area contributed by atoms with Crippen LogP contribution in [0.3, 0.4) is 0 Å². The molecule has 0 bridgehead atoms. The number of ether oxygens (including phenoxy) is 1. The summed E-state index contributed by atoms with van der Waals surface area (Å²) in [6.45, 7) is 7.75. The molecule has 3 nitrogen and oxygen atoms in total. The van der Waals surface area contributed by atoms with E-state index in [4.69, 9.17) is 4.74 Å². The fraction of sp³-hybridized carbons (Fsp3) is 0.533. The first-order chi connectivity index (χ1) is 8.80. The Hall–Kier alpha value is -1.16. The zero-order valence-corrected chi connectivity index (χ0v) is 12.8. The van der Waals surface area contributed by atoms with Crippen LogP contribution in [0.5, 0.6) is 0 Å². The molecule has 0 saturated carbocycles. The van der Waals surface area contributed by atoms with E-state index in [9.17, 15) is 9.00 Å². The maximum atomic E-state index is 12.0. The van der Waals surface area contributed by atoms with Crippen molar-refractivity contribution in [2.24, 2.45) is 5.92 Å². The van der Waals surface area contributed by atoms with Crippen molar-refractivity contribution in [3.8, 4) is 0 Å². The van der Waals surface area contributed by atoms with Crippen molar-refractivity contribution in [3.05, 3.63) is 35.9 Å². The lowest BCUT2D eigenvalue weighted by Gasteiger charge is -2.20. The molecule has 0 aromatic heterocycles. The summed E-state index contributed by atoms with van der Waals surface area (Å²) in [6.07, 6.45) is 0. The fourth-order valence-corrected chi connectivity index (χ4v) is 2.51. The van der Waals surface area contributed by atoms with Gasteiger partial charge in [0.2, 0.25) is 0 Å². The van der Waals surface area contributed by atoms with Gasteiger partial charge in [0.15, 0.2) is 0 Å². The standard InChI is InChI=1S/C15H22O3S/c1-12(11-19(17)15(2,3)4)14(16)18-10-13-8-6-5-7-9-13/h5-9,12H,10-11H2,1-4H3. The zero-order chi connectivity index (χ0) is 14.5. The van der Waals surface area contributed by atoms with Gasteiger partial charge >= 0.3 is 5.97 Å². The first kappa shape index (κ1) is 15.9. The fourth-order valence-electron chi connectivity index (χ4n) is 1.42. The Bertz CT molecular complexity index is 434. The average Bonchev–Trinajstić information content (AvgIpc) is 2.35. The van der Waals surface area contributed by atoms with Gasteiger partial charge in [-0.25, -0.2) is 0 Å². The van der Waals surface area contributed by atoms with Crippen LogP contribution < -0.4 is 0 Å². The van der Waals surface area contributed by atoms with Gasteiger partial charge in [-0.3, -0.25) is 9.00 Å². The number of esters is 1. The van der Waals surface area contributed by atoms with Crippen molar-refractivity contribution >= 4 is 16.8 Å². The molecular formula is C15H22O3S. The monoisotopic (exact) mass is 282 g/mol. The van der Waals surface area contributed by atoms with Crippen molar-refractivity contribution < 1.29 is 13.7 Å². The Labute approximate surface area is 117 Å².